The lowest BCUT2D eigenvalue weighted by atomic mass is 10.2. The molecule has 0 aliphatic carbocycles. The van der Waals surface area contributed by atoms with Gasteiger partial charge in [0.15, 0.2) is 0 Å². The fraction of sp³-hybridized carbons (Fsp3) is 0.167. The van der Waals surface area contributed by atoms with Crippen molar-refractivity contribution in [2.24, 2.45) is 0 Å². The van der Waals surface area contributed by atoms with E-state index in [0.29, 0.717) is 25.5 Å². The third-order valence-electron chi connectivity index (χ3n) is 4.61. The third-order valence-corrected chi connectivity index (χ3v) is 4.61. The molecule has 0 saturated heterocycles. The minimum Gasteiger partial charge on any atom is -0.494 e. The first-order valence-corrected chi connectivity index (χ1v) is 9.86. The molecule has 0 radical (unpaired) electrons. The second kappa shape index (κ2) is 9.13. The molecule has 0 bridgehead atoms. The van der Waals surface area contributed by atoms with Crippen molar-refractivity contribution in [3.05, 3.63) is 89.9 Å². The number of carbonyl (C=O) groups excluding carboxylic acids is 1. The average molecular weight is 401 g/mol. The smallest absolute Gasteiger partial charge is 0.267 e. The Kier molecular flexibility index (Phi) is 5.94. The van der Waals surface area contributed by atoms with Crippen molar-refractivity contribution in [2.75, 3.05) is 6.61 Å². The van der Waals surface area contributed by atoms with Crippen molar-refractivity contribution in [2.45, 2.75) is 20.1 Å². The number of hydrogen-bond acceptors (Lipinski definition) is 4. The van der Waals surface area contributed by atoms with Crippen LogP contribution in [0.1, 0.15) is 28.7 Å². The zero-order chi connectivity index (χ0) is 20.8. The number of nitrogens with zero attached hydrogens (tertiary/aromatic N) is 1. The second-order valence-electron chi connectivity index (χ2n) is 6.80. The predicted molar refractivity (Wildman–Crippen MR) is 116 cm³/mol. The van der Waals surface area contributed by atoms with E-state index in [-0.39, 0.29) is 5.91 Å². The van der Waals surface area contributed by atoms with Crippen molar-refractivity contribution in [1.29, 1.82) is 0 Å². The van der Waals surface area contributed by atoms with Crippen LogP contribution in [0.5, 0.6) is 11.5 Å². The number of nitrogens with one attached hydrogen (secondary N) is 2. The molecule has 0 fully saturated rings. The van der Waals surface area contributed by atoms with Crippen LogP contribution in [0.4, 0.5) is 0 Å². The van der Waals surface area contributed by atoms with Gasteiger partial charge >= 0.3 is 0 Å². The Labute approximate surface area is 174 Å². The number of amides is 1. The standard InChI is InChI=1S/C24H23N3O3/c1-2-29-21-10-9-18-13-23(27-22(18)14-21)24(28)26-15-17-6-5-8-20(12-17)30-16-19-7-3-4-11-25-19/h3-14,27H,2,15-16H2,1H3,(H,26,28). The second-order valence-corrected chi connectivity index (χ2v) is 6.80. The normalized spacial score (nSPS) is 10.7. The Balaban J connectivity index is 1.37. The molecule has 4 rings (SSSR count). The van der Waals surface area contributed by atoms with Crippen LogP contribution >= 0.6 is 0 Å². The molecule has 152 valence electrons. The summed E-state index contributed by atoms with van der Waals surface area (Å²) in [7, 11) is 0. The van der Waals surface area contributed by atoms with E-state index < -0.39 is 0 Å². The molecule has 2 N–H and O–H groups in total. The number of aromatic nitrogens is 2. The maximum atomic E-state index is 12.6. The van der Waals surface area contributed by atoms with Gasteiger partial charge in [0.25, 0.3) is 5.91 Å². The summed E-state index contributed by atoms with van der Waals surface area (Å²) >= 11 is 0. The van der Waals surface area contributed by atoms with E-state index in [0.717, 1.165) is 33.7 Å². The highest BCUT2D eigenvalue weighted by molar-refractivity contribution is 5.98. The molecule has 0 aliphatic heterocycles. The van der Waals surface area contributed by atoms with Gasteiger partial charge in [-0.2, -0.15) is 0 Å². The molecular formula is C24H23N3O3. The van der Waals surface area contributed by atoms with Gasteiger partial charge < -0.3 is 19.8 Å². The first-order chi connectivity index (χ1) is 14.7. The molecule has 0 aliphatic rings. The summed E-state index contributed by atoms with van der Waals surface area (Å²) in [6.45, 7) is 3.34. The van der Waals surface area contributed by atoms with Gasteiger partial charge in [0.2, 0.25) is 0 Å². The number of pyridine rings is 1. The fourth-order valence-electron chi connectivity index (χ4n) is 3.15. The lowest BCUT2D eigenvalue weighted by Gasteiger charge is -2.08. The summed E-state index contributed by atoms with van der Waals surface area (Å²) < 4.78 is 11.3. The Hall–Kier alpha value is -3.80. The Morgan fingerprint density at radius 1 is 1.00 bits per heavy atom. The molecular weight excluding hydrogens is 378 g/mol. The summed E-state index contributed by atoms with van der Waals surface area (Å²) in [5, 5.41) is 3.91. The molecule has 6 heteroatoms. The van der Waals surface area contributed by atoms with Crippen molar-refractivity contribution in [1.82, 2.24) is 15.3 Å². The van der Waals surface area contributed by atoms with E-state index in [1.54, 1.807) is 6.20 Å². The van der Waals surface area contributed by atoms with Crippen molar-refractivity contribution in [3.63, 3.8) is 0 Å². The van der Waals surface area contributed by atoms with E-state index in [2.05, 4.69) is 15.3 Å². The number of H-pyrrole nitrogens is 1. The van der Waals surface area contributed by atoms with Crippen LogP contribution in [0.15, 0.2) is 72.9 Å². The highest BCUT2D eigenvalue weighted by Gasteiger charge is 2.10. The zero-order valence-corrected chi connectivity index (χ0v) is 16.7. The van der Waals surface area contributed by atoms with E-state index in [1.165, 1.54) is 0 Å². The third kappa shape index (κ3) is 4.78. The number of carbonyl (C=O) groups is 1. The molecule has 2 aromatic heterocycles. The SMILES string of the molecule is CCOc1ccc2cc(C(=O)NCc3cccc(OCc4ccccn4)c3)[nH]c2c1. The number of aromatic amines is 1. The van der Waals surface area contributed by atoms with Crippen LogP contribution in [-0.2, 0) is 13.2 Å². The van der Waals surface area contributed by atoms with Gasteiger partial charge in [-0.3, -0.25) is 9.78 Å². The van der Waals surface area contributed by atoms with Crippen LogP contribution in [0.3, 0.4) is 0 Å². The zero-order valence-electron chi connectivity index (χ0n) is 16.7. The van der Waals surface area contributed by atoms with Crippen LogP contribution in [0, 0.1) is 0 Å². The van der Waals surface area contributed by atoms with Crippen LogP contribution < -0.4 is 14.8 Å². The number of hydrogen-bond donors (Lipinski definition) is 2. The summed E-state index contributed by atoms with van der Waals surface area (Å²) in [6.07, 6.45) is 1.74. The van der Waals surface area contributed by atoms with Gasteiger partial charge in [0.05, 0.1) is 12.3 Å². The lowest BCUT2D eigenvalue weighted by molar-refractivity contribution is 0.0946. The van der Waals surface area contributed by atoms with Crippen molar-refractivity contribution in [3.8, 4) is 11.5 Å². The molecule has 2 aromatic carbocycles. The highest BCUT2D eigenvalue weighted by atomic mass is 16.5. The van der Waals surface area contributed by atoms with E-state index in [9.17, 15) is 4.79 Å². The number of benzene rings is 2. The molecule has 1 amide bonds. The van der Waals surface area contributed by atoms with Gasteiger partial charge in [0, 0.05) is 29.7 Å². The topological polar surface area (TPSA) is 76.2 Å². The summed E-state index contributed by atoms with van der Waals surface area (Å²) in [5.41, 5.74) is 3.20. The first-order valence-electron chi connectivity index (χ1n) is 9.86. The Morgan fingerprint density at radius 3 is 2.73 bits per heavy atom. The molecule has 0 saturated carbocycles. The van der Waals surface area contributed by atoms with Crippen molar-refractivity contribution >= 4 is 16.8 Å². The first kappa shape index (κ1) is 19.5. The summed E-state index contributed by atoms with van der Waals surface area (Å²) in [4.78, 5) is 20.0. The quantitative estimate of drug-likeness (QED) is 0.457. The molecule has 4 aromatic rings. The molecule has 0 atom stereocenters. The maximum Gasteiger partial charge on any atom is 0.267 e. The average Bonchev–Trinajstić information content (AvgIpc) is 3.21. The fourth-order valence-corrected chi connectivity index (χ4v) is 3.15. The minimum absolute atomic E-state index is 0.163. The Bertz CT molecular complexity index is 1140. The number of rotatable bonds is 8. The molecule has 6 nitrogen and oxygen atoms in total. The highest BCUT2D eigenvalue weighted by Crippen LogP contribution is 2.22. The van der Waals surface area contributed by atoms with E-state index in [4.69, 9.17) is 9.47 Å². The molecule has 0 spiro atoms. The molecule has 2 heterocycles. The van der Waals surface area contributed by atoms with E-state index in [1.807, 2.05) is 73.7 Å². The van der Waals surface area contributed by atoms with Gasteiger partial charge in [-0.1, -0.05) is 18.2 Å². The van der Waals surface area contributed by atoms with E-state index >= 15 is 0 Å². The maximum absolute atomic E-state index is 12.6. The predicted octanol–water partition coefficient (Wildman–Crippen LogP) is 4.47. The van der Waals surface area contributed by atoms with Gasteiger partial charge in [-0.25, -0.2) is 0 Å². The van der Waals surface area contributed by atoms with Crippen LogP contribution in [0.25, 0.3) is 10.9 Å². The molecule has 0 unspecified atom stereocenters. The van der Waals surface area contributed by atoms with Crippen LogP contribution in [-0.4, -0.2) is 22.5 Å². The number of ether oxygens (including phenoxy) is 2. The van der Waals surface area contributed by atoms with Crippen molar-refractivity contribution < 1.29 is 14.3 Å². The van der Waals surface area contributed by atoms with Gasteiger partial charge in [-0.05, 0) is 55.0 Å². The Morgan fingerprint density at radius 2 is 1.90 bits per heavy atom. The summed E-state index contributed by atoms with van der Waals surface area (Å²) in [6, 6.07) is 21.0. The lowest BCUT2D eigenvalue weighted by Crippen LogP contribution is -2.23. The summed E-state index contributed by atoms with van der Waals surface area (Å²) in [5.74, 6) is 1.35. The largest absolute Gasteiger partial charge is 0.494 e. The van der Waals surface area contributed by atoms with Gasteiger partial charge in [-0.15, -0.1) is 0 Å². The minimum atomic E-state index is -0.163. The van der Waals surface area contributed by atoms with Gasteiger partial charge in [0.1, 0.15) is 23.8 Å². The molecule has 30 heavy (non-hydrogen) atoms. The van der Waals surface area contributed by atoms with Crippen LogP contribution in [0.2, 0.25) is 0 Å². The number of fused-ring (bicyclic) bond motifs is 1. The monoisotopic (exact) mass is 401 g/mol.